The van der Waals surface area contributed by atoms with Crippen molar-refractivity contribution in [3.05, 3.63) is 33.3 Å². The Morgan fingerprint density at radius 1 is 1.62 bits per heavy atom. The lowest BCUT2D eigenvalue weighted by atomic mass is 10.2. The minimum atomic E-state index is -0.479. The minimum Gasteiger partial charge on any atom is -0.381 e. The van der Waals surface area contributed by atoms with Gasteiger partial charge in [-0.05, 0) is 13.0 Å². The van der Waals surface area contributed by atoms with Gasteiger partial charge in [-0.2, -0.15) is 0 Å². The molecule has 6 heteroatoms. The third-order valence-electron chi connectivity index (χ3n) is 2.15. The number of nitro benzene ring substituents is 1. The second-order valence-electron chi connectivity index (χ2n) is 3.35. The summed E-state index contributed by atoms with van der Waals surface area (Å²) >= 11 is 5.89. The van der Waals surface area contributed by atoms with Gasteiger partial charge in [0.25, 0.3) is 5.69 Å². The van der Waals surface area contributed by atoms with Crippen molar-refractivity contribution in [2.24, 2.45) is 0 Å². The monoisotopic (exact) mass is 244 g/mol. The standard InChI is InChI=1S/C10H13ClN2O3/c1-7(16-2)6-12-10-4-3-8(13(14)15)5-9(10)11/h3-5,7,12H,6H2,1-2H3. The summed E-state index contributed by atoms with van der Waals surface area (Å²) in [6.07, 6.45) is 0.0475. The summed E-state index contributed by atoms with van der Waals surface area (Å²) in [5.41, 5.74) is 0.645. The topological polar surface area (TPSA) is 64.4 Å². The number of hydrogen-bond acceptors (Lipinski definition) is 4. The summed E-state index contributed by atoms with van der Waals surface area (Å²) in [6, 6.07) is 4.32. The smallest absolute Gasteiger partial charge is 0.271 e. The van der Waals surface area contributed by atoms with Gasteiger partial charge in [0.2, 0.25) is 0 Å². The van der Waals surface area contributed by atoms with E-state index in [9.17, 15) is 10.1 Å². The number of methoxy groups -OCH3 is 1. The van der Waals surface area contributed by atoms with Gasteiger partial charge in [0.15, 0.2) is 0 Å². The fourth-order valence-electron chi connectivity index (χ4n) is 1.10. The normalized spacial score (nSPS) is 12.2. The molecule has 0 aliphatic carbocycles. The quantitative estimate of drug-likeness (QED) is 0.639. The van der Waals surface area contributed by atoms with Crippen LogP contribution in [0, 0.1) is 10.1 Å². The predicted octanol–water partition coefficient (Wildman–Crippen LogP) is 2.70. The summed E-state index contributed by atoms with van der Waals surface area (Å²) in [7, 11) is 1.61. The Morgan fingerprint density at radius 3 is 2.81 bits per heavy atom. The van der Waals surface area contributed by atoms with Crippen molar-refractivity contribution in [3.8, 4) is 0 Å². The molecule has 0 saturated carbocycles. The van der Waals surface area contributed by atoms with Gasteiger partial charge < -0.3 is 10.1 Å². The number of nitrogens with zero attached hydrogens (tertiary/aromatic N) is 1. The first kappa shape index (κ1) is 12.7. The zero-order valence-electron chi connectivity index (χ0n) is 9.07. The van der Waals surface area contributed by atoms with Crippen molar-refractivity contribution in [3.63, 3.8) is 0 Å². The van der Waals surface area contributed by atoms with Crippen LogP contribution in [0.1, 0.15) is 6.92 Å². The van der Waals surface area contributed by atoms with Crippen LogP contribution in [0.3, 0.4) is 0 Å². The fourth-order valence-corrected chi connectivity index (χ4v) is 1.34. The van der Waals surface area contributed by atoms with Gasteiger partial charge in [0, 0.05) is 25.8 Å². The molecule has 1 N–H and O–H groups in total. The van der Waals surface area contributed by atoms with E-state index in [0.717, 1.165) is 0 Å². The van der Waals surface area contributed by atoms with Crippen molar-refractivity contribution >= 4 is 23.0 Å². The van der Waals surface area contributed by atoms with Gasteiger partial charge in [-0.15, -0.1) is 0 Å². The van der Waals surface area contributed by atoms with Crippen LogP contribution >= 0.6 is 11.6 Å². The van der Waals surface area contributed by atoms with E-state index in [1.807, 2.05) is 6.92 Å². The third-order valence-corrected chi connectivity index (χ3v) is 2.46. The van der Waals surface area contributed by atoms with Crippen LogP contribution in [0.4, 0.5) is 11.4 Å². The third kappa shape index (κ3) is 3.36. The number of hydrogen-bond donors (Lipinski definition) is 1. The molecule has 88 valence electrons. The van der Waals surface area contributed by atoms with Gasteiger partial charge in [0.1, 0.15) is 0 Å². The van der Waals surface area contributed by atoms with Crippen LogP contribution in [-0.2, 0) is 4.74 Å². The highest BCUT2D eigenvalue weighted by atomic mass is 35.5. The van der Waals surface area contributed by atoms with Gasteiger partial charge in [-0.3, -0.25) is 10.1 Å². The highest BCUT2D eigenvalue weighted by Crippen LogP contribution is 2.26. The Morgan fingerprint density at radius 2 is 2.31 bits per heavy atom. The second kappa shape index (κ2) is 5.67. The number of halogens is 1. The van der Waals surface area contributed by atoms with Gasteiger partial charge in [-0.25, -0.2) is 0 Å². The number of anilines is 1. The van der Waals surface area contributed by atoms with E-state index < -0.39 is 4.92 Å². The van der Waals surface area contributed by atoms with Gasteiger partial charge in [-0.1, -0.05) is 11.6 Å². The lowest BCUT2D eigenvalue weighted by molar-refractivity contribution is -0.384. The molecule has 1 aromatic carbocycles. The first-order valence-corrected chi connectivity index (χ1v) is 5.13. The molecule has 0 amide bonds. The number of ether oxygens (including phenoxy) is 1. The Balaban J connectivity index is 2.72. The summed E-state index contributed by atoms with van der Waals surface area (Å²) in [5, 5.41) is 13.9. The molecule has 0 fully saturated rings. The maximum atomic E-state index is 10.5. The molecule has 0 heterocycles. The molecule has 1 atom stereocenters. The molecule has 0 aliphatic rings. The first-order chi connectivity index (χ1) is 7.54. The Bertz CT molecular complexity index is 384. The maximum absolute atomic E-state index is 10.5. The molecule has 5 nitrogen and oxygen atoms in total. The molecule has 0 radical (unpaired) electrons. The van der Waals surface area contributed by atoms with Crippen LogP contribution in [0.25, 0.3) is 0 Å². The average Bonchev–Trinajstić information content (AvgIpc) is 2.26. The zero-order chi connectivity index (χ0) is 12.1. The number of nitro groups is 1. The molecular formula is C10H13ClN2O3. The second-order valence-corrected chi connectivity index (χ2v) is 3.76. The maximum Gasteiger partial charge on any atom is 0.271 e. The van der Waals surface area contributed by atoms with Crippen molar-refractivity contribution < 1.29 is 9.66 Å². The Labute approximate surface area is 98.5 Å². The number of nitrogens with one attached hydrogen (secondary N) is 1. The predicted molar refractivity (Wildman–Crippen MR) is 63.1 cm³/mol. The lowest BCUT2D eigenvalue weighted by Crippen LogP contribution is -2.18. The number of benzene rings is 1. The van der Waals surface area contributed by atoms with E-state index >= 15 is 0 Å². The molecule has 1 aromatic rings. The van der Waals surface area contributed by atoms with E-state index in [4.69, 9.17) is 16.3 Å². The van der Waals surface area contributed by atoms with E-state index in [1.54, 1.807) is 13.2 Å². The Hall–Kier alpha value is -1.33. The van der Waals surface area contributed by atoms with Crippen molar-refractivity contribution in [1.82, 2.24) is 0 Å². The molecule has 0 bridgehead atoms. The van der Waals surface area contributed by atoms with Crippen LogP contribution in [0.5, 0.6) is 0 Å². The highest BCUT2D eigenvalue weighted by molar-refractivity contribution is 6.33. The summed E-state index contributed by atoms with van der Waals surface area (Å²) in [6.45, 7) is 2.50. The average molecular weight is 245 g/mol. The van der Waals surface area contributed by atoms with E-state index in [2.05, 4.69) is 5.32 Å². The molecule has 0 aliphatic heterocycles. The molecule has 1 rings (SSSR count). The molecule has 0 spiro atoms. The highest BCUT2D eigenvalue weighted by Gasteiger charge is 2.09. The Kier molecular flexibility index (Phi) is 4.52. The largest absolute Gasteiger partial charge is 0.381 e. The van der Waals surface area contributed by atoms with Crippen LogP contribution in [0.15, 0.2) is 18.2 Å². The number of non-ortho nitro benzene ring substituents is 1. The summed E-state index contributed by atoms with van der Waals surface area (Å²) < 4.78 is 5.06. The van der Waals surface area contributed by atoms with Gasteiger partial charge >= 0.3 is 0 Å². The van der Waals surface area contributed by atoms with Gasteiger partial charge in [0.05, 0.1) is 21.7 Å². The fraction of sp³-hybridized carbons (Fsp3) is 0.400. The van der Waals surface area contributed by atoms with E-state index in [0.29, 0.717) is 17.3 Å². The molecular weight excluding hydrogens is 232 g/mol. The van der Waals surface area contributed by atoms with Crippen molar-refractivity contribution in [2.75, 3.05) is 19.0 Å². The van der Waals surface area contributed by atoms with Crippen molar-refractivity contribution in [1.29, 1.82) is 0 Å². The SMILES string of the molecule is COC(C)CNc1ccc([N+](=O)[O-])cc1Cl. The summed E-state index contributed by atoms with van der Waals surface area (Å²) in [4.78, 5) is 10.0. The van der Waals surface area contributed by atoms with Crippen molar-refractivity contribution in [2.45, 2.75) is 13.0 Å². The molecule has 0 aromatic heterocycles. The molecule has 0 saturated heterocycles. The molecule has 1 unspecified atom stereocenters. The van der Waals surface area contributed by atoms with E-state index in [1.165, 1.54) is 12.1 Å². The summed E-state index contributed by atoms with van der Waals surface area (Å²) in [5.74, 6) is 0. The van der Waals surface area contributed by atoms with Crippen LogP contribution < -0.4 is 5.32 Å². The first-order valence-electron chi connectivity index (χ1n) is 4.75. The van der Waals surface area contributed by atoms with E-state index in [-0.39, 0.29) is 11.8 Å². The van der Waals surface area contributed by atoms with Crippen LogP contribution in [-0.4, -0.2) is 24.7 Å². The lowest BCUT2D eigenvalue weighted by Gasteiger charge is -2.12. The number of rotatable bonds is 5. The molecule has 16 heavy (non-hydrogen) atoms. The minimum absolute atomic E-state index is 0.0182. The zero-order valence-corrected chi connectivity index (χ0v) is 9.82. The van der Waals surface area contributed by atoms with Crippen LogP contribution in [0.2, 0.25) is 5.02 Å².